The monoisotopic (exact) mass is 546 g/mol. The zero-order valence-electron chi connectivity index (χ0n) is 23.4. The topological polar surface area (TPSA) is 97.1 Å². The average molecular weight is 547 g/mol. The Morgan fingerprint density at radius 2 is 1.75 bits per heavy atom. The number of aliphatic hydroxyl groups excluding tert-OH is 1. The fraction of sp³-hybridized carbons (Fsp3) is 0.452. The quantitative estimate of drug-likeness (QED) is 0.516. The second-order valence-corrected chi connectivity index (χ2v) is 11.5. The van der Waals surface area contributed by atoms with Crippen LogP contribution in [-0.4, -0.2) is 87.1 Å². The molecule has 2 unspecified atom stereocenters. The number of imidazole rings is 1. The lowest BCUT2D eigenvalue weighted by atomic mass is 10.0. The summed E-state index contributed by atoms with van der Waals surface area (Å²) in [6.07, 6.45) is 1.77. The van der Waals surface area contributed by atoms with Crippen molar-refractivity contribution in [2.45, 2.75) is 57.4 Å². The molecule has 212 valence electrons. The Kier molecular flexibility index (Phi) is 8.23. The molecule has 2 fully saturated rings. The van der Waals surface area contributed by atoms with Crippen LogP contribution in [0.25, 0.3) is 11.3 Å². The van der Waals surface area contributed by atoms with Gasteiger partial charge in [-0.25, -0.2) is 9.78 Å². The molecule has 1 aromatic heterocycles. The van der Waals surface area contributed by atoms with E-state index in [-0.39, 0.29) is 24.1 Å². The highest BCUT2D eigenvalue weighted by molar-refractivity contribution is 5.98. The molecule has 2 aliphatic heterocycles. The number of carbonyl (C=O) groups is 2. The minimum atomic E-state index is -0.607. The standard InChI is InChI=1S/C31H38N4O5/c1-31(2,3)40-30(38)33-15-16-34(24(19-33)18-22-10-6-4-7-11-22)29(37)27-28(23-12-8-5-9-13-23)35(21-32-27)25-20-39-17-14-26(25)36/h4-13,21,24-26,36H,14-20H2,1-3H3/t24-,25?,26?/m1/s1. The van der Waals surface area contributed by atoms with Crippen molar-refractivity contribution in [3.8, 4) is 11.3 Å². The number of rotatable bonds is 5. The van der Waals surface area contributed by atoms with Crippen LogP contribution in [0.2, 0.25) is 0 Å². The number of ether oxygens (including phenoxy) is 2. The third kappa shape index (κ3) is 6.21. The molecule has 9 nitrogen and oxygen atoms in total. The maximum absolute atomic E-state index is 14.3. The molecule has 3 heterocycles. The van der Waals surface area contributed by atoms with Crippen molar-refractivity contribution < 1.29 is 24.2 Å². The van der Waals surface area contributed by atoms with Crippen LogP contribution in [0.5, 0.6) is 0 Å². The summed E-state index contributed by atoms with van der Waals surface area (Å²) in [4.78, 5) is 35.4. The van der Waals surface area contributed by atoms with E-state index in [0.29, 0.717) is 57.1 Å². The molecular weight excluding hydrogens is 508 g/mol. The number of aromatic nitrogens is 2. The van der Waals surface area contributed by atoms with E-state index in [1.54, 1.807) is 11.2 Å². The predicted molar refractivity (Wildman–Crippen MR) is 151 cm³/mol. The summed E-state index contributed by atoms with van der Waals surface area (Å²) in [6, 6.07) is 19.0. The lowest BCUT2D eigenvalue weighted by Gasteiger charge is -2.41. The highest BCUT2D eigenvalue weighted by Crippen LogP contribution is 2.32. The van der Waals surface area contributed by atoms with Gasteiger partial charge in [-0.1, -0.05) is 60.7 Å². The molecule has 2 aromatic carbocycles. The fourth-order valence-corrected chi connectivity index (χ4v) is 5.44. The minimum absolute atomic E-state index is 0.200. The van der Waals surface area contributed by atoms with Gasteiger partial charge in [0, 0.05) is 31.8 Å². The molecule has 9 heteroatoms. The highest BCUT2D eigenvalue weighted by Gasteiger charge is 2.38. The van der Waals surface area contributed by atoms with Crippen LogP contribution in [0.4, 0.5) is 4.79 Å². The summed E-state index contributed by atoms with van der Waals surface area (Å²) >= 11 is 0. The molecule has 2 saturated heterocycles. The number of carbonyl (C=O) groups excluding carboxylic acids is 2. The third-order valence-electron chi connectivity index (χ3n) is 7.40. The average Bonchev–Trinajstić information content (AvgIpc) is 3.38. The van der Waals surface area contributed by atoms with E-state index in [4.69, 9.17) is 9.47 Å². The van der Waals surface area contributed by atoms with Crippen LogP contribution in [0.15, 0.2) is 67.0 Å². The second-order valence-electron chi connectivity index (χ2n) is 11.5. The van der Waals surface area contributed by atoms with Gasteiger partial charge >= 0.3 is 6.09 Å². The Bertz CT molecular complexity index is 1300. The molecule has 0 aliphatic carbocycles. The van der Waals surface area contributed by atoms with Crippen molar-refractivity contribution in [3.63, 3.8) is 0 Å². The number of hydrogen-bond donors (Lipinski definition) is 1. The number of hydrogen-bond acceptors (Lipinski definition) is 6. The molecule has 0 radical (unpaired) electrons. The number of amides is 2. The van der Waals surface area contributed by atoms with Gasteiger partial charge in [-0.15, -0.1) is 0 Å². The van der Waals surface area contributed by atoms with Crippen LogP contribution in [-0.2, 0) is 15.9 Å². The first-order valence-corrected chi connectivity index (χ1v) is 13.9. The van der Waals surface area contributed by atoms with Crippen molar-refractivity contribution in [2.75, 3.05) is 32.8 Å². The molecule has 5 rings (SSSR count). The Labute approximate surface area is 235 Å². The van der Waals surface area contributed by atoms with Gasteiger partial charge < -0.3 is 28.9 Å². The molecule has 0 spiro atoms. The van der Waals surface area contributed by atoms with E-state index >= 15 is 0 Å². The maximum Gasteiger partial charge on any atom is 0.410 e. The van der Waals surface area contributed by atoms with E-state index in [0.717, 1.165) is 11.1 Å². The first kappa shape index (κ1) is 27.9. The Hall–Kier alpha value is -3.69. The molecule has 2 amide bonds. The molecule has 3 atom stereocenters. The van der Waals surface area contributed by atoms with E-state index in [1.165, 1.54) is 0 Å². The molecule has 2 aliphatic rings. The summed E-state index contributed by atoms with van der Waals surface area (Å²) in [6.45, 7) is 7.46. The van der Waals surface area contributed by atoms with E-state index in [9.17, 15) is 14.7 Å². The van der Waals surface area contributed by atoms with Gasteiger partial charge in [-0.2, -0.15) is 0 Å². The molecule has 40 heavy (non-hydrogen) atoms. The first-order chi connectivity index (χ1) is 19.2. The van der Waals surface area contributed by atoms with Crippen LogP contribution < -0.4 is 0 Å². The Morgan fingerprint density at radius 1 is 1.05 bits per heavy atom. The number of piperazine rings is 1. The van der Waals surface area contributed by atoms with Crippen molar-refractivity contribution in [1.29, 1.82) is 0 Å². The number of aliphatic hydroxyl groups is 1. The van der Waals surface area contributed by atoms with E-state index < -0.39 is 11.7 Å². The van der Waals surface area contributed by atoms with Gasteiger partial charge in [0.2, 0.25) is 0 Å². The first-order valence-electron chi connectivity index (χ1n) is 13.9. The van der Waals surface area contributed by atoms with E-state index in [2.05, 4.69) is 4.98 Å². The Morgan fingerprint density at radius 3 is 2.42 bits per heavy atom. The van der Waals surface area contributed by atoms with Crippen molar-refractivity contribution in [1.82, 2.24) is 19.4 Å². The van der Waals surface area contributed by atoms with Crippen molar-refractivity contribution in [3.05, 3.63) is 78.2 Å². The lowest BCUT2D eigenvalue weighted by Crippen LogP contribution is -2.58. The van der Waals surface area contributed by atoms with Gasteiger partial charge in [0.1, 0.15) is 5.60 Å². The molecule has 0 saturated carbocycles. The summed E-state index contributed by atoms with van der Waals surface area (Å²) in [5.74, 6) is -0.200. The number of nitrogens with zero attached hydrogens (tertiary/aromatic N) is 4. The number of benzene rings is 2. The zero-order valence-corrected chi connectivity index (χ0v) is 23.4. The van der Waals surface area contributed by atoms with Gasteiger partial charge in [0.05, 0.1) is 36.8 Å². The largest absolute Gasteiger partial charge is 0.444 e. The predicted octanol–water partition coefficient (Wildman–Crippen LogP) is 4.18. The van der Waals surface area contributed by atoms with Crippen LogP contribution in [0.1, 0.15) is 49.3 Å². The fourth-order valence-electron chi connectivity index (χ4n) is 5.44. The summed E-state index contributed by atoms with van der Waals surface area (Å²) in [5.41, 5.74) is 2.30. The lowest BCUT2D eigenvalue weighted by molar-refractivity contribution is -0.0286. The molecule has 0 bridgehead atoms. The summed E-state index contributed by atoms with van der Waals surface area (Å²) in [7, 11) is 0. The highest BCUT2D eigenvalue weighted by atomic mass is 16.6. The molecule has 1 N–H and O–H groups in total. The van der Waals surface area contributed by atoms with Crippen LogP contribution >= 0.6 is 0 Å². The minimum Gasteiger partial charge on any atom is -0.444 e. The van der Waals surface area contributed by atoms with Crippen LogP contribution in [0, 0.1) is 0 Å². The van der Waals surface area contributed by atoms with Gasteiger partial charge in [-0.05, 0) is 39.2 Å². The zero-order chi connectivity index (χ0) is 28.3. The molecule has 3 aromatic rings. The normalized spacial score (nSPS) is 21.8. The SMILES string of the molecule is CC(C)(C)OC(=O)N1CCN(C(=O)c2ncn(C3COCCC3O)c2-c2ccccc2)[C@H](Cc2ccccc2)C1. The van der Waals surface area contributed by atoms with Gasteiger partial charge in [-0.3, -0.25) is 4.79 Å². The van der Waals surface area contributed by atoms with Crippen molar-refractivity contribution in [2.24, 2.45) is 0 Å². The smallest absolute Gasteiger partial charge is 0.410 e. The summed E-state index contributed by atoms with van der Waals surface area (Å²) < 4.78 is 13.2. The Balaban J connectivity index is 1.48. The third-order valence-corrected chi connectivity index (χ3v) is 7.40. The maximum atomic E-state index is 14.3. The summed E-state index contributed by atoms with van der Waals surface area (Å²) in [5, 5.41) is 10.8. The second kappa shape index (κ2) is 11.8. The van der Waals surface area contributed by atoms with Gasteiger partial charge in [0.15, 0.2) is 5.69 Å². The van der Waals surface area contributed by atoms with E-state index in [1.807, 2.05) is 90.9 Å². The molecular formula is C31H38N4O5. The van der Waals surface area contributed by atoms with Crippen LogP contribution in [0.3, 0.4) is 0 Å². The van der Waals surface area contributed by atoms with Gasteiger partial charge in [0.25, 0.3) is 5.91 Å². The van der Waals surface area contributed by atoms with Crippen molar-refractivity contribution >= 4 is 12.0 Å².